The molecular weight excluding hydrogens is 280 g/mol. The van der Waals surface area contributed by atoms with Crippen LogP contribution >= 0.6 is 0 Å². The first kappa shape index (κ1) is 15.6. The highest BCUT2D eigenvalue weighted by atomic mass is 16.5. The number of nitrogens with one attached hydrogen (secondary N) is 1. The molecule has 122 valence electrons. The van der Waals surface area contributed by atoms with Crippen molar-refractivity contribution < 1.29 is 9.47 Å². The molecule has 1 aromatic heterocycles. The Bertz CT molecular complexity index is 483. The summed E-state index contributed by atoms with van der Waals surface area (Å²) in [4.78, 5) is 11.6. The van der Waals surface area contributed by atoms with Crippen molar-refractivity contribution >= 4 is 5.82 Å². The highest BCUT2D eigenvalue weighted by molar-refractivity contribution is 5.41. The number of rotatable bonds is 4. The van der Waals surface area contributed by atoms with Gasteiger partial charge in [-0.2, -0.15) is 0 Å². The molecular formula is C16H26N4O2. The molecule has 0 unspecified atom stereocenters. The topological polar surface area (TPSA) is 59.5 Å². The fourth-order valence-corrected chi connectivity index (χ4v) is 3.22. The van der Waals surface area contributed by atoms with Crippen LogP contribution in [0.25, 0.3) is 0 Å². The molecule has 3 rings (SSSR count). The lowest BCUT2D eigenvalue weighted by Crippen LogP contribution is -2.36. The molecule has 0 saturated carbocycles. The average Bonchev–Trinajstić information content (AvgIpc) is 2.56. The molecule has 2 fully saturated rings. The maximum Gasteiger partial charge on any atom is 0.132 e. The number of methoxy groups -OCH3 is 1. The average molecular weight is 306 g/mol. The summed E-state index contributed by atoms with van der Waals surface area (Å²) in [5, 5.41) is 3.36. The Hall–Kier alpha value is -1.24. The van der Waals surface area contributed by atoms with E-state index in [0.717, 1.165) is 69.6 Å². The summed E-state index contributed by atoms with van der Waals surface area (Å²) >= 11 is 0. The van der Waals surface area contributed by atoms with E-state index in [0.29, 0.717) is 5.92 Å². The van der Waals surface area contributed by atoms with Gasteiger partial charge >= 0.3 is 0 Å². The van der Waals surface area contributed by atoms with Crippen molar-refractivity contribution in [3.05, 3.63) is 17.6 Å². The predicted molar refractivity (Wildman–Crippen MR) is 85.1 cm³/mol. The minimum absolute atomic E-state index is 0.0419. The van der Waals surface area contributed by atoms with E-state index in [1.165, 1.54) is 0 Å². The van der Waals surface area contributed by atoms with Gasteiger partial charge in [0.15, 0.2) is 0 Å². The molecule has 6 heteroatoms. The van der Waals surface area contributed by atoms with Gasteiger partial charge in [0, 0.05) is 46.0 Å². The summed E-state index contributed by atoms with van der Waals surface area (Å²) in [7, 11) is 1.78. The van der Waals surface area contributed by atoms with E-state index in [4.69, 9.17) is 9.47 Å². The maximum absolute atomic E-state index is 5.82. The molecule has 0 aliphatic carbocycles. The second-order valence-electron chi connectivity index (χ2n) is 6.15. The van der Waals surface area contributed by atoms with Gasteiger partial charge in [-0.3, -0.25) is 0 Å². The minimum Gasteiger partial charge on any atom is -0.384 e. The van der Waals surface area contributed by atoms with Crippen LogP contribution < -0.4 is 10.2 Å². The van der Waals surface area contributed by atoms with Crippen LogP contribution in [0, 0.1) is 12.8 Å². The Labute approximate surface area is 132 Å². The van der Waals surface area contributed by atoms with Crippen LogP contribution in [0.5, 0.6) is 0 Å². The number of nitrogens with zero attached hydrogens (tertiary/aromatic N) is 3. The first-order valence-corrected chi connectivity index (χ1v) is 8.18. The second-order valence-corrected chi connectivity index (χ2v) is 6.15. The van der Waals surface area contributed by atoms with Gasteiger partial charge in [0.1, 0.15) is 17.7 Å². The van der Waals surface area contributed by atoms with Crippen molar-refractivity contribution in [3.8, 4) is 0 Å². The van der Waals surface area contributed by atoms with Gasteiger partial charge in [-0.25, -0.2) is 9.97 Å². The third-order valence-electron chi connectivity index (χ3n) is 4.44. The highest BCUT2D eigenvalue weighted by Gasteiger charge is 2.23. The van der Waals surface area contributed by atoms with E-state index in [-0.39, 0.29) is 6.10 Å². The maximum atomic E-state index is 5.82. The van der Waals surface area contributed by atoms with E-state index >= 15 is 0 Å². The van der Waals surface area contributed by atoms with Crippen LogP contribution in [0.3, 0.4) is 0 Å². The van der Waals surface area contributed by atoms with Crippen molar-refractivity contribution in [2.75, 3.05) is 51.4 Å². The number of morpholine rings is 1. The highest BCUT2D eigenvalue weighted by Crippen LogP contribution is 2.25. The first-order chi connectivity index (χ1) is 10.8. The molecule has 3 heterocycles. The number of hydrogen-bond donors (Lipinski definition) is 1. The van der Waals surface area contributed by atoms with Crippen LogP contribution in [-0.2, 0) is 9.47 Å². The number of aryl methyl sites for hydroxylation is 1. The minimum atomic E-state index is 0.0419. The van der Waals surface area contributed by atoms with Crippen LogP contribution in [0.2, 0.25) is 0 Å². The van der Waals surface area contributed by atoms with Gasteiger partial charge in [-0.1, -0.05) is 0 Å². The Morgan fingerprint density at radius 2 is 2.18 bits per heavy atom. The van der Waals surface area contributed by atoms with E-state index in [1.54, 1.807) is 7.11 Å². The summed E-state index contributed by atoms with van der Waals surface area (Å²) in [6.45, 7) is 7.38. The second kappa shape index (κ2) is 7.35. The molecule has 0 aromatic carbocycles. The molecule has 2 aliphatic heterocycles. The molecule has 22 heavy (non-hydrogen) atoms. The fourth-order valence-electron chi connectivity index (χ4n) is 3.22. The normalized spacial score (nSPS) is 23.7. The van der Waals surface area contributed by atoms with E-state index in [9.17, 15) is 0 Å². The van der Waals surface area contributed by atoms with Gasteiger partial charge in [-0.05, 0) is 25.7 Å². The summed E-state index contributed by atoms with van der Waals surface area (Å²) in [6.07, 6.45) is 2.36. The zero-order valence-electron chi connectivity index (χ0n) is 13.5. The number of ether oxygens (including phenoxy) is 2. The summed E-state index contributed by atoms with van der Waals surface area (Å²) in [5.74, 6) is 2.53. The number of aromatic nitrogens is 2. The zero-order valence-corrected chi connectivity index (χ0v) is 13.5. The van der Waals surface area contributed by atoms with Crippen molar-refractivity contribution in [2.45, 2.75) is 25.9 Å². The molecule has 0 bridgehead atoms. The van der Waals surface area contributed by atoms with Gasteiger partial charge in [0.2, 0.25) is 0 Å². The molecule has 0 radical (unpaired) electrons. The Kier molecular flexibility index (Phi) is 5.23. The van der Waals surface area contributed by atoms with Crippen LogP contribution in [0.4, 0.5) is 5.82 Å². The molecule has 0 spiro atoms. The van der Waals surface area contributed by atoms with Crippen molar-refractivity contribution in [1.29, 1.82) is 0 Å². The van der Waals surface area contributed by atoms with E-state index in [2.05, 4.69) is 26.3 Å². The molecule has 1 N–H and O–H groups in total. The molecule has 0 amide bonds. The van der Waals surface area contributed by atoms with Crippen molar-refractivity contribution in [1.82, 2.24) is 15.3 Å². The smallest absolute Gasteiger partial charge is 0.132 e. The summed E-state index contributed by atoms with van der Waals surface area (Å²) < 4.78 is 11.1. The van der Waals surface area contributed by atoms with Crippen LogP contribution in [-0.4, -0.2) is 56.5 Å². The van der Waals surface area contributed by atoms with E-state index < -0.39 is 0 Å². The van der Waals surface area contributed by atoms with Gasteiger partial charge < -0.3 is 19.7 Å². The lowest BCUT2D eigenvalue weighted by atomic mass is 9.98. The Balaban J connectivity index is 1.70. The van der Waals surface area contributed by atoms with Gasteiger partial charge in [0.05, 0.1) is 12.3 Å². The standard InChI is InChI=1S/C16H26N4O2/c1-12-18-14(15-10-17-5-8-22-15)9-16(19-12)20-6-3-13(4-7-20)11-21-2/h9,13,15,17H,3-8,10-11H2,1-2H3/t15-/m1/s1. The molecule has 1 atom stereocenters. The quantitative estimate of drug-likeness (QED) is 0.905. The number of hydrogen-bond acceptors (Lipinski definition) is 6. The number of anilines is 1. The zero-order chi connectivity index (χ0) is 15.4. The van der Waals surface area contributed by atoms with E-state index in [1.807, 2.05) is 6.92 Å². The molecule has 1 aromatic rings. The number of piperidine rings is 1. The predicted octanol–water partition coefficient (Wildman–Crippen LogP) is 1.31. The Morgan fingerprint density at radius 1 is 1.36 bits per heavy atom. The largest absolute Gasteiger partial charge is 0.384 e. The van der Waals surface area contributed by atoms with Crippen molar-refractivity contribution in [2.24, 2.45) is 5.92 Å². The lowest BCUT2D eigenvalue weighted by molar-refractivity contribution is 0.0249. The van der Waals surface area contributed by atoms with Crippen molar-refractivity contribution in [3.63, 3.8) is 0 Å². The third-order valence-corrected chi connectivity index (χ3v) is 4.44. The molecule has 6 nitrogen and oxygen atoms in total. The van der Waals surface area contributed by atoms with Gasteiger partial charge in [0.25, 0.3) is 0 Å². The van der Waals surface area contributed by atoms with Crippen LogP contribution in [0.15, 0.2) is 6.07 Å². The summed E-state index contributed by atoms with van der Waals surface area (Å²) in [6, 6.07) is 2.10. The molecule has 2 aliphatic rings. The SMILES string of the molecule is COCC1CCN(c2cc([C@H]3CNCCO3)nc(C)n2)CC1. The lowest BCUT2D eigenvalue weighted by Gasteiger charge is -2.33. The third kappa shape index (κ3) is 3.74. The molecule has 2 saturated heterocycles. The fraction of sp³-hybridized carbons (Fsp3) is 0.750. The Morgan fingerprint density at radius 3 is 2.86 bits per heavy atom. The first-order valence-electron chi connectivity index (χ1n) is 8.18. The van der Waals surface area contributed by atoms with Gasteiger partial charge in [-0.15, -0.1) is 0 Å². The van der Waals surface area contributed by atoms with Crippen LogP contribution in [0.1, 0.15) is 30.5 Å². The summed E-state index contributed by atoms with van der Waals surface area (Å²) in [5.41, 5.74) is 0.994. The monoisotopic (exact) mass is 306 g/mol.